The number of benzene rings is 2. The van der Waals surface area contributed by atoms with Crippen molar-refractivity contribution in [2.45, 2.75) is 25.2 Å². The number of halogens is 1. The first-order chi connectivity index (χ1) is 14.4. The van der Waals surface area contributed by atoms with Crippen LogP contribution in [0.25, 0.3) is 28.0 Å². The first kappa shape index (κ1) is 19.1. The Morgan fingerprint density at radius 1 is 1.10 bits per heavy atom. The number of rotatable bonds is 3. The summed E-state index contributed by atoms with van der Waals surface area (Å²) in [6.07, 6.45) is 2.28. The van der Waals surface area contributed by atoms with Crippen LogP contribution in [-0.2, 0) is 10.0 Å². The molecule has 1 aliphatic rings. The van der Waals surface area contributed by atoms with Crippen LogP contribution in [0, 0.1) is 6.92 Å². The van der Waals surface area contributed by atoms with E-state index < -0.39 is 10.0 Å². The van der Waals surface area contributed by atoms with Gasteiger partial charge in [-0.25, -0.2) is 17.9 Å². The Labute approximate surface area is 179 Å². The maximum atomic E-state index is 13.4. The minimum absolute atomic E-state index is 0.169. The fourth-order valence-electron chi connectivity index (χ4n) is 4.01. The van der Waals surface area contributed by atoms with E-state index in [0.29, 0.717) is 35.0 Å². The van der Waals surface area contributed by atoms with E-state index in [9.17, 15) is 8.42 Å². The molecule has 1 aliphatic heterocycles. The van der Waals surface area contributed by atoms with Crippen LogP contribution in [0.15, 0.2) is 59.6 Å². The fraction of sp³-hybridized carbons (Fsp3) is 0.182. The fourth-order valence-corrected chi connectivity index (χ4v) is 5.91. The molecule has 2 aromatic heterocycles. The van der Waals surface area contributed by atoms with Crippen molar-refractivity contribution in [3.8, 4) is 22.4 Å². The van der Waals surface area contributed by atoms with E-state index in [1.165, 1.54) is 4.31 Å². The van der Waals surface area contributed by atoms with Crippen LogP contribution in [0.3, 0.4) is 0 Å². The average Bonchev–Trinajstić information content (AvgIpc) is 3.05. The highest BCUT2D eigenvalue weighted by Crippen LogP contribution is 2.43. The van der Waals surface area contributed by atoms with Gasteiger partial charge >= 0.3 is 0 Å². The van der Waals surface area contributed by atoms with Crippen molar-refractivity contribution in [1.29, 1.82) is 0 Å². The van der Waals surface area contributed by atoms with Crippen LogP contribution in [0.4, 0.5) is 5.69 Å². The predicted octanol–water partition coefficient (Wildman–Crippen LogP) is 4.94. The van der Waals surface area contributed by atoms with Crippen LogP contribution >= 0.6 is 11.6 Å². The van der Waals surface area contributed by atoms with E-state index in [1.807, 2.05) is 62.4 Å². The Kier molecular flexibility index (Phi) is 4.34. The summed E-state index contributed by atoms with van der Waals surface area (Å²) in [5.41, 5.74) is 4.99. The van der Waals surface area contributed by atoms with Crippen molar-refractivity contribution < 1.29 is 8.42 Å². The van der Waals surface area contributed by atoms with Gasteiger partial charge in [-0.3, -0.25) is 4.31 Å². The number of aryl methyl sites for hydroxylation is 1. The molecule has 152 valence electrons. The molecule has 0 aliphatic carbocycles. The molecule has 2 aromatic carbocycles. The molecule has 4 aromatic rings. The highest BCUT2D eigenvalue weighted by Gasteiger charge is 2.36. The predicted molar refractivity (Wildman–Crippen MR) is 118 cm³/mol. The average molecular weight is 439 g/mol. The lowest BCUT2D eigenvalue weighted by molar-refractivity contribution is 0.588. The summed E-state index contributed by atoms with van der Waals surface area (Å²) in [4.78, 5) is 4.99. The number of anilines is 1. The molecule has 0 fully saturated rings. The Balaban J connectivity index is 1.84. The number of para-hydroxylation sites is 1. The number of hydrogen-bond donors (Lipinski definition) is 0. The number of nitrogens with zero attached hydrogens (tertiary/aromatic N) is 4. The number of sulfonamides is 1. The van der Waals surface area contributed by atoms with E-state index in [0.717, 1.165) is 22.4 Å². The summed E-state index contributed by atoms with van der Waals surface area (Å²) in [5.74, 6) is 0. The molecule has 0 saturated heterocycles. The minimum Gasteiger partial charge on any atom is -0.266 e. The summed E-state index contributed by atoms with van der Waals surface area (Å²) in [6, 6.07) is 15.0. The van der Waals surface area contributed by atoms with E-state index in [2.05, 4.69) is 5.10 Å². The molecule has 0 amide bonds. The van der Waals surface area contributed by atoms with Gasteiger partial charge in [0.05, 0.1) is 23.3 Å². The Morgan fingerprint density at radius 2 is 1.90 bits per heavy atom. The zero-order valence-electron chi connectivity index (χ0n) is 16.5. The maximum Gasteiger partial charge on any atom is 0.268 e. The molecule has 0 atom stereocenters. The second-order valence-electron chi connectivity index (χ2n) is 7.29. The zero-order chi connectivity index (χ0) is 21.0. The van der Waals surface area contributed by atoms with Crippen LogP contribution in [-0.4, -0.2) is 29.6 Å². The largest absolute Gasteiger partial charge is 0.268 e. The molecule has 0 spiro atoms. The van der Waals surface area contributed by atoms with Gasteiger partial charge in [-0.2, -0.15) is 5.10 Å². The smallest absolute Gasteiger partial charge is 0.266 e. The highest BCUT2D eigenvalue weighted by atomic mass is 35.5. The van der Waals surface area contributed by atoms with Gasteiger partial charge < -0.3 is 0 Å². The third-order valence-corrected chi connectivity index (χ3v) is 7.34. The SMILES string of the molecule is CCCN1c2ccccc2-c2nc3c(-c4cccc(Cl)c4)c(C)nn3cc2S1(=O)=O. The quantitative estimate of drug-likeness (QED) is 0.454. The Hall–Kier alpha value is -2.90. The van der Waals surface area contributed by atoms with Crippen LogP contribution in [0.1, 0.15) is 19.0 Å². The van der Waals surface area contributed by atoms with E-state index in [1.54, 1.807) is 10.7 Å². The Bertz CT molecular complexity index is 1410. The normalized spacial score (nSPS) is 14.6. The van der Waals surface area contributed by atoms with Gasteiger partial charge in [0.15, 0.2) is 5.65 Å². The van der Waals surface area contributed by atoms with Crippen molar-refractivity contribution in [3.63, 3.8) is 0 Å². The third-order valence-electron chi connectivity index (χ3n) is 5.29. The highest BCUT2D eigenvalue weighted by molar-refractivity contribution is 7.93. The number of fused-ring (bicyclic) bond motifs is 4. The third kappa shape index (κ3) is 2.73. The van der Waals surface area contributed by atoms with E-state index in [4.69, 9.17) is 16.6 Å². The van der Waals surface area contributed by atoms with Crippen LogP contribution in [0.5, 0.6) is 0 Å². The molecule has 0 unspecified atom stereocenters. The lowest BCUT2D eigenvalue weighted by atomic mass is 10.1. The molecule has 0 N–H and O–H groups in total. The monoisotopic (exact) mass is 438 g/mol. The molecule has 0 bridgehead atoms. The second-order valence-corrected chi connectivity index (χ2v) is 9.55. The van der Waals surface area contributed by atoms with Crippen molar-refractivity contribution >= 4 is 33.0 Å². The molecular weight excluding hydrogens is 420 g/mol. The van der Waals surface area contributed by atoms with Crippen LogP contribution in [0.2, 0.25) is 5.02 Å². The molecule has 3 heterocycles. The zero-order valence-corrected chi connectivity index (χ0v) is 18.1. The van der Waals surface area contributed by atoms with Crippen LogP contribution < -0.4 is 4.31 Å². The Morgan fingerprint density at radius 3 is 2.67 bits per heavy atom. The van der Waals surface area contributed by atoms with E-state index >= 15 is 0 Å². The van der Waals surface area contributed by atoms with Gasteiger partial charge in [-0.15, -0.1) is 0 Å². The van der Waals surface area contributed by atoms with Crippen molar-refractivity contribution in [2.75, 3.05) is 10.8 Å². The molecule has 0 radical (unpaired) electrons. The first-order valence-electron chi connectivity index (χ1n) is 9.70. The maximum absolute atomic E-state index is 13.4. The first-order valence-corrected chi connectivity index (χ1v) is 11.5. The van der Waals surface area contributed by atoms with Crippen molar-refractivity contribution in [3.05, 3.63) is 65.4 Å². The molecule has 30 heavy (non-hydrogen) atoms. The van der Waals surface area contributed by atoms with Gasteiger partial charge in [0.1, 0.15) is 4.90 Å². The molecule has 5 rings (SSSR count). The minimum atomic E-state index is -3.74. The summed E-state index contributed by atoms with van der Waals surface area (Å²) in [7, 11) is -3.74. The van der Waals surface area contributed by atoms with Gasteiger partial charge in [0.25, 0.3) is 10.0 Å². The molecule has 8 heteroatoms. The molecule has 6 nitrogen and oxygen atoms in total. The van der Waals surface area contributed by atoms with Gasteiger partial charge in [-0.1, -0.05) is 48.9 Å². The van der Waals surface area contributed by atoms with Gasteiger partial charge in [0, 0.05) is 22.7 Å². The standard InChI is InChI=1S/C22H19ClN4O2S/c1-3-11-27-18-10-5-4-9-17(18)21-19(30(27,28)29)13-26-22(24-21)20(14(2)25-26)15-7-6-8-16(23)12-15/h4-10,12-13H,3,11H2,1-2H3. The number of hydrogen-bond acceptors (Lipinski definition) is 4. The van der Waals surface area contributed by atoms with E-state index in [-0.39, 0.29) is 4.90 Å². The van der Waals surface area contributed by atoms with Crippen molar-refractivity contribution in [1.82, 2.24) is 14.6 Å². The summed E-state index contributed by atoms with van der Waals surface area (Å²) in [6.45, 7) is 4.25. The van der Waals surface area contributed by atoms with Gasteiger partial charge in [-0.05, 0) is 37.1 Å². The summed E-state index contributed by atoms with van der Waals surface area (Å²) < 4.78 is 29.9. The van der Waals surface area contributed by atoms with Gasteiger partial charge in [0.2, 0.25) is 0 Å². The molecular formula is C22H19ClN4O2S. The summed E-state index contributed by atoms with van der Waals surface area (Å²) >= 11 is 6.20. The lowest BCUT2D eigenvalue weighted by Gasteiger charge is -2.31. The van der Waals surface area contributed by atoms with Crippen molar-refractivity contribution in [2.24, 2.45) is 0 Å². The molecule has 0 saturated carbocycles. The second kappa shape index (κ2) is 6.82. The number of aromatic nitrogens is 3. The topological polar surface area (TPSA) is 67.6 Å². The lowest BCUT2D eigenvalue weighted by Crippen LogP contribution is -2.35. The summed E-state index contributed by atoms with van der Waals surface area (Å²) in [5, 5.41) is 5.17.